The Morgan fingerprint density at radius 2 is 1.76 bits per heavy atom. The summed E-state index contributed by atoms with van der Waals surface area (Å²) in [5, 5.41) is 16.9. The van der Waals surface area contributed by atoms with Crippen molar-refractivity contribution in [3.05, 3.63) is 72.1 Å². The minimum atomic E-state index is -4.84. The molecule has 2 fully saturated rings. The van der Waals surface area contributed by atoms with Gasteiger partial charge in [-0.1, -0.05) is 45.0 Å². The number of hydrogen-bond acceptors (Lipinski definition) is 9. The zero-order chi connectivity index (χ0) is 35.8. The van der Waals surface area contributed by atoms with E-state index in [9.17, 15) is 23.1 Å². The van der Waals surface area contributed by atoms with E-state index in [1.54, 1.807) is 31.3 Å². The first-order valence-electron chi connectivity index (χ1n) is 16.6. The molecular weight excluding hydrogens is 651 g/mol. The van der Waals surface area contributed by atoms with Gasteiger partial charge >= 0.3 is 12.1 Å². The van der Waals surface area contributed by atoms with Gasteiger partial charge in [-0.2, -0.15) is 28.2 Å². The molecule has 14 heteroatoms. The molecule has 0 amide bonds. The first-order valence-corrected chi connectivity index (χ1v) is 16.6. The highest BCUT2D eigenvalue weighted by Gasteiger charge is 2.46. The molecule has 2 aliphatic heterocycles. The second-order valence-corrected chi connectivity index (χ2v) is 14.5. The molecule has 2 aromatic heterocycles. The van der Waals surface area contributed by atoms with E-state index in [0.29, 0.717) is 68.3 Å². The number of halogens is 3. The van der Waals surface area contributed by atoms with Gasteiger partial charge in [-0.15, -0.1) is 0 Å². The van der Waals surface area contributed by atoms with Crippen molar-refractivity contribution in [2.24, 2.45) is 10.8 Å². The summed E-state index contributed by atoms with van der Waals surface area (Å²) in [7, 11) is 0. The number of nitrogens with one attached hydrogen (secondary N) is 1. The van der Waals surface area contributed by atoms with Crippen LogP contribution < -0.4 is 25.4 Å². The van der Waals surface area contributed by atoms with Crippen LogP contribution in [0, 0.1) is 17.8 Å². The Balaban J connectivity index is 1.27. The lowest BCUT2D eigenvalue weighted by Crippen LogP contribution is -2.41. The number of nitrogen functional groups attached to an aromatic ring is 1. The smallest absolute Gasteiger partial charge is 0.429 e. The third-order valence-electron chi connectivity index (χ3n) is 9.19. The van der Waals surface area contributed by atoms with Crippen LogP contribution in [0.5, 0.6) is 11.6 Å². The first kappa shape index (κ1) is 35.0. The first-order chi connectivity index (χ1) is 23.6. The highest BCUT2D eigenvalue weighted by Crippen LogP contribution is 2.43. The Morgan fingerprint density at radius 3 is 2.36 bits per heavy atom. The van der Waals surface area contributed by atoms with Crippen LogP contribution in [0.15, 0.2) is 60.8 Å². The number of benzene rings is 2. The summed E-state index contributed by atoms with van der Waals surface area (Å²) >= 11 is 0. The van der Waals surface area contributed by atoms with E-state index < -0.39 is 24.3 Å². The minimum Gasteiger partial charge on any atom is -0.493 e. The van der Waals surface area contributed by atoms with Gasteiger partial charge < -0.3 is 30.5 Å². The molecule has 2 saturated heterocycles. The molecule has 6 rings (SSSR count). The van der Waals surface area contributed by atoms with Crippen LogP contribution in [-0.4, -0.2) is 69.3 Å². The number of nitrogens with zero attached hydrogens (tertiary/aromatic N) is 5. The van der Waals surface area contributed by atoms with Crippen LogP contribution in [0.2, 0.25) is 0 Å². The Morgan fingerprint density at radius 1 is 1.06 bits per heavy atom. The van der Waals surface area contributed by atoms with Crippen molar-refractivity contribution in [1.29, 1.82) is 0 Å². The molecular formula is C36H42F3N7O4. The fourth-order valence-electron chi connectivity index (χ4n) is 6.50. The quantitative estimate of drug-likeness (QED) is 0.181. The van der Waals surface area contributed by atoms with Crippen LogP contribution in [0.4, 0.5) is 24.9 Å². The maximum Gasteiger partial charge on any atom is 0.429 e. The number of carboxylic acids is 1. The Kier molecular flexibility index (Phi) is 9.42. The molecule has 4 N–H and O–H groups in total. The molecule has 2 aromatic carbocycles. The Bertz CT molecular complexity index is 1830. The number of piperidine rings is 1. The van der Waals surface area contributed by atoms with Gasteiger partial charge in [0.25, 0.3) is 0 Å². The molecule has 0 radical (unpaired) electrons. The summed E-state index contributed by atoms with van der Waals surface area (Å²) in [5.41, 5.74) is 7.98. The van der Waals surface area contributed by atoms with Crippen LogP contribution in [0.25, 0.3) is 16.8 Å². The van der Waals surface area contributed by atoms with Crippen molar-refractivity contribution in [1.82, 2.24) is 25.1 Å². The van der Waals surface area contributed by atoms with E-state index in [1.165, 1.54) is 16.8 Å². The monoisotopic (exact) mass is 693 g/mol. The molecule has 0 saturated carbocycles. The van der Waals surface area contributed by atoms with Gasteiger partial charge in [-0.3, -0.25) is 4.79 Å². The lowest BCUT2D eigenvalue weighted by Gasteiger charge is -2.39. The largest absolute Gasteiger partial charge is 0.493 e. The van der Waals surface area contributed by atoms with E-state index in [0.717, 1.165) is 5.56 Å². The summed E-state index contributed by atoms with van der Waals surface area (Å²) in [6, 6.07) is 14.6. The zero-order valence-electron chi connectivity index (χ0n) is 28.5. The average Bonchev–Trinajstić information content (AvgIpc) is 3.68. The maximum absolute atomic E-state index is 14.9. The predicted octanol–water partition coefficient (Wildman–Crippen LogP) is 6.36. The second kappa shape index (κ2) is 13.5. The Hall–Kier alpha value is -4.85. The summed E-state index contributed by atoms with van der Waals surface area (Å²) in [5.74, 6) is -0.368. The molecule has 2 aliphatic rings. The fraction of sp³-hybridized carbons (Fsp3) is 0.444. The third-order valence-corrected chi connectivity index (χ3v) is 9.19. The molecule has 50 heavy (non-hydrogen) atoms. The second-order valence-electron chi connectivity index (χ2n) is 14.5. The van der Waals surface area contributed by atoms with Crippen molar-refractivity contribution in [3.63, 3.8) is 0 Å². The molecule has 0 bridgehead atoms. The van der Waals surface area contributed by atoms with Crippen molar-refractivity contribution < 1.29 is 32.5 Å². The van der Waals surface area contributed by atoms with Crippen LogP contribution in [0.3, 0.4) is 0 Å². The molecule has 4 heterocycles. The van der Waals surface area contributed by atoms with Crippen molar-refractivity contribution in [3.8, 4) is 28.4 Å². The lowest BCUT2D eigenvalue weighted by molar-refractivity contribution is -0.198. The number of aryl methyl sites for hydroxylation is 1. The molecule has 4 aromatic rings. The highest BCUT2D eigenvalue weighted by atomic mass is 19.4. The normalized spacial score (nSPS) is 18.3. The summed E-state index contributed by atoms with van der Waals surface area (Å²) < 4.78 is 57.8. The topological polar surface area (TPSA) is 141 Å². The van der Waals surface area contributed by atoms with Crippen molar-refractivity contribution in [2.45, 2.75) is 65.3 Å². The molecule has 1 unspecified atom stereocenters. The molecule has 11 nitrogen and oxygen atoms in total. The molecule has 266 valence electrons. The lowest BCUT2D eigenvalue weighted by atomic mass is 9.76. The van der Waals surface area contributed by atoms with Crippen molar-refractivity contribution >= 4 is 17.7 Å². The average molecular weight is 694 g/mol. The van der Waals surface area contributed by atoms with Crippen molar-refractivity contribution in [2.75, 3.05) is 36.9 Å². The molecule has 0 aliphatic carbocycles. The number of carboxylic acid groups (broad SMARTS) is 1. The maximum atomic E-state index is 14.9. The van der Waals surface area contributed by atoms with E-state index in [2.05, 4.69) is 41.2 Å². The number of aromatic nitrogens is 4. The third kappa shape index (κ3) is 7.96. The Labute approximate surface area is 288 Å². The van der Waals surface area contributed by atoms with E-state index in [1.807, 2.05) is 29.2 Å². The van der Waals surface area contributed by atoms with E-state index in [4.69, 9.17) is 15.2 Å². The fourth-order valence-corrected chi connectivity index (χ4v) is 6.50. The van der Waals surface area contributed by atoms with E-state index >= 15 is 0 Å². The minimum absolute atomic E-state index is 0.0133. The van der Waals surface area contributed by atoms with E-state index in [-0.39, 0.29) is 33.9 Å². The van der Waals surface area contributed by atoms with Gasteiger partial charge in [0.2, 0.25) is 17.9 Å². The van der Waals surface area contributed by atoms with Gasteiger partial charge in [0, 0.05) is 37.5 Å². The molecule has 1 spiro atoms. The summed E-state index contributed by atoms with van der Waals surface area (Å²) in [6.45, 7) is 10.2. The number of rotatable bonds is 9. The standard InChI is InChI=1S/C36H42F3N7O4/c1-22-11-14-46(44-22)28-17-24(23-5-8-25(9-6-23)49-21-34(2,3)4)7-10-26(28)31(36(37,38)39)50-30-18-29(42-33(40)43-30)45-15-12-35(13-16-45)19-27(32(47)48)41-20-35/h5-11,14,17-18,27,31,41H,12-13,15-16,19-21H2,1-4H3,(H,47,48)(H2,40,42,43)/t27?,31-/m1/s1. The number of alkyl halides is 3. The van der Waals surface area contributed by atoms with Gasteiger partial charge in [-0.05, 0) is 72.4 Å². The van der Waals surface area contributed by atoms with Gasteiger partial charge in [0.05, 0.1) is 18.0 Å². The number of carbonyl (C=O) groups is 1. The number of nitrogens with two attached hydrogens (primary N) is 1. The van der Waals surface area contributed by atoms with Gasteiger partial charge in [0.1, 0.15) is 17.6 Å². The SMILES string of the molecule is Cc1ccn(-c2cc(-c3ccc(OCC(C)(C)C)cc3)ccc2[C@@H](Oc2cc(N3CCC4(CC3)CNC(C(=O)O)C4)nc(N)n2)C(F)(F)F)n1. The van der Waals surface area contributed by atoms with Gasteiger partial charge in [-0.25, -0.2) is 4.68 Å². The number of anilines is 2. The van der Waals surface area contributed by atoms with Crippen LogP contribution >= 0.6 is 0 Å². The van der Waals surface area contributed by atoms with Crippen LogP contribution in [-0.2, 0) is 4.79 Å². The number of ether oxygens (including phenoxy) is 2. The number of hydrogen-bond donors (Lipinski definition) is 3. The number of aliphatic carboxylic acids is 1. The zero-order valence-corrected chi connectivity index (χ0v) is 28.5. The van der Waals surface area contributed by atoms with Gasteiger partial charge in [0.15, 0.2) is 0 Å². The van der Waals surface area contributed by atoms with Crippen LogP contribution in [0.1, 0.15) is 57.4 Å². The molecule has 2 atom stereocenters. The highest BCUT2D eigenvalue weighted by molar-refractivity contribution is 5.74. The summed E-state index contributed by atoms with van der Waals surface area (Å²) in [6.07, 6.45) is -3.72. The predicted molar refractivity (Wildman–Crippen MR) is 182 cm³/mol. The summed E-state index contributed by atoms with van der Waals surface area (Å²) in [4.78, 5) is 21.7.